The van der Waals surface area contributed by atoms with Crippen LogP contribution in [0.2, 0.25) is 0 Å². The van der Waals surface area contributed by atoms with Crippen LogP contribution in [0.4, 0.5) is 26.3 Å². The Labute approximate surface area is 149 Å². The predicted octanol–water partition coefficient (Wildman–Crippen LogP) is 4.39. The van der Waals surface area contributed by atoms with Crippen molar-refractivity contribution >= 4 is 5.97 Å². The van der Waals surface area contributed by atoms with Gasteiger partial charge in [0.2, 0.25) is 0 Å². The Bertz CT molecular complexity index is 800. The highest BCUT2D eigenvalue weighted by atomic mass is 19.4. The second-order valence-electron chi connectivity index (χ2n) is 5.59. The summed E-state index contributed by atoms with van der Waals surface area (Å²) >= 11 is 0. The lowest BCUT2D eigenvalue weighted by atomic mass is 10.1. The molecule has 0 heterocycles. The van der Waals surface area contributed by atoms with E-state index in [-0.39, 0.29) is 22.9 Å². The van der Waals surface area contributed by atoms with E-state index in [9.17, 15) is 31.1 Å². The zero-order valence-corrected chi connectivity index (χ0v) is 13.4. The van der Waals surface area contributed by atoms with Crippen molar-refractivity contribution in [2.75, 3.05) is 0 Å². The molecule has 0 aliphatic heterocycles. The van der Waals surface area contributed by atoms with Crippen molar-refractivity contribution in [2.45, 2.75) is 25.0 Å². The van der Waals surface area contributed by atoms with Gasteiger partial charge < -0.3 is 15.6 Å². The Morgan fingerprint density at radius 1 is 1.00 bits per heavy atom. The van der Waals surface area contributed by atoms with Crippen molar-refractivity contribution in [3.05, 3.63) is 64.7 Å². The van der Waals surface area contributed by atoms with E-state index in [1.54, 1.807) is 0 Å². The minimum Gasteiger partial charge on any atom is -0.489 e. The van der Waals surface area contributed by atoms with E-state index >= 15 is 0 Å². The quantitative estimate of drug-likeness (QED) is 0.740. The number of hydrogen-bond donors (Lipinski definition) is 2. The number of halogens is 6. The minimum absolute atomic E-state index is 0.0238. The van der Waals surface area contributed by atoms with Crippen LogP contribution in [-0.4, -0.2) is 11.1 Å². The molecule has 0 bridgehead atoms. The van der Waals surface area contributed by atoms with Crippen LogP contribution in [0, 0.1) is 0 Å². The summed E-state index contributed by atoms with van der Waals surface area (Å²) < 4.78 is 82.2. The van der Waals surface area contributed by atoms with Gasteiger partial charge in [-0.25, -0.2) is 0 Å². The Morgan fingerprint density at radius 2 is 1.56 bits per heavy atom. The summed E-state index contributed by atoms with van der Waals surface area (Å²) in [6.07, 6.45) is -9.91. The van der Waals surface area contributed by atoms with Gasteiger partial charge in [-0.05, 0) is 41.5 Å². The van der Waals surface area contributed by atoms with Crippen LogP contribution in [0.1, 0.15) is 28.3 Å². The van der Waals surface area contributed by atoms with E-state index in [0.717, 1.165) is 0 Å². The van der Waals surface area contributed by atoms with Crippen molar-refractivity contribution in [1.82, 2.24) is 0 Å². The van der Waals surface area contributed by atoms with E-state index < -0.39 is 42.1 Å². The zero-order chi connectivity index (χ0) is 20.4. The largest absolute Gasteiger partial charge is 0.489 e. The molecule has 0 aliphatic carbocycles. The monoisotopic (exact) mass is 393 g/mol. The molecule has 2 rings (SSSR count). The van der Waals surface area contributed by atoms with Crippen LogP contribution in [0.15, 0.2) is 42.5 Å². The van der Waals surface area contributed by atoms with Gasteiger partial charge in [-0.3, -0.25) is 4.79 Å². The van der Waals surface area contributed by atoms with Gasteiger partial charge in [0.15, 0.2) is 0 Å². The summed E-state index contributed by atoms with van der Waals surface area (Å²) in [5, 5.41) is 8.87. The topological polar surface area (TPSA) is 72.6 Å². The minimum atomic E-state index is -4.95. The molecule has 2 aromatic rings. The summed E-state index contributed by atoms with van der Waals surface area (Å²) in [5.74, 6) is -1.25. The third-order valence-corrected chi connectivity index (χ3v) is 3.54. The van der Waals surface area contributed by atoms with Gasteiger partial charge in [0.1, 0.15) is 18.4 Å². The second-order valence-corrected chi connectivity index (χ2v) is 5.59. The van der Waals surface area contributed by atoms with Crippen LogP contribution >= 0.6 is 0 Å². The van der Waals surface area contributed by atoms with Crippen LogP contribution in [0.25, 0.3) is 0 Å². The first-order valence-electron chi connectivity index (χ1n) is 7.37. The molecule has 0 saturated carbocycles. The fourth-order valence-corrected chi connectivity index (χ4v) is 2.21. The molecule has 0 spiro atoms. The first-order chi connectivity index (χ1) is 12.4. The Kier molecular flexibility index (Phi) is 5.69. The molecule has 0 aromatic heterocycles. The highest BCUT2D eigenvalue weighted by Crippen LogP contribution is 2.36. The lowest BCUT2D eigenvalue weighted by molar-refractivity contribution is -0.143. The van der Waals surface area contributed by atoms with Gasteiger partial charge >= 0.3 is 18.3 Å². The summed E-state index contributed by atoms with van der Waals surface area (Å²) in [7, 11) is 0. The summed E-state index contributed by atoms with van der Waals surface area (Å²) in [4.78, 5) is 10.9. The van der Waals surface area contributed by atoms with Crippen molar-refractivity contribution < 1.29 is 41.0 Å². The molecule has 0 saturated heterocycles. The highest BCUT2D eigenvalue weighted by Gasteiger charge is 2.36. The lowest BCUT2D eigenvalue weighted by Crippen LogP contribution is -2.20. The fourth-order valence-electron chi connectivity index (χ4n) is 2.21. The van der Waals surface area contributed by atoms with Gasteiger partial charge in [-0.2, -0.15) is 26.3 Å². The summed E-state index contributed by atoms with van der Waals surface area (Å²) in [5.41, 5.74) is 2.38. The van der Waals surface area contributed by atoms with Gasteiger partial charge in [-0.15, -0.1) is 0 Å². The maximum Gasteiger partial charge on any atom is 0.416 e. The second kappa shape index (κ2) is 7.47. The number of nitrogens with two attached hydrogens (primary N) is 1. The Balaban J connectivity index is 2.27. The molecule has 0 amide bonds. The Morgan fingerprint density at radius 3 is 2.04 bits per heavy atom. The van der Waals surface area contributed by atoms with Crippen molar-refractivity contribution in [1.29, 1.82) is 0 Å². The van der Waals surface area contributed by atoms with E-state index in [2.05, 4.69) is 0 Å². The number of carbonyl (C=O) groups is 1. The van der Waals surface area contributed by atoms with Crippen LogP contribution in [0.5, 0.6) is 5.75 Å². The van der Waals surface area contributed by atoms with Gasteiger partial charge in [0.05, 0.1) is 11.1 Å². The first kappa shape index (κ1) is 20.6. The molecule has 10 heteroatoms. The number of benzene rings is 2. The third kappa shape index (κ3) is 5.36. The zero-order valence-electron chi connectivity index (χ0n) is 13.4. The smallest absolute Gasteiger partial charge is 0.416 e. The Hall–Kier alpha value is -2.75. The van der Waals surface area contributed by atoms with Crippen molar-refractivity contribution in [2.24, 2.45) is 5.73 Å². The van der Waals surface area contributed by atoms with E-state index in [1.165, 1.54) is 24.3 Å². The van der Waals surface area contributed by atoms with Gasteiger partial charge in [0, 0.05) is 0 Å². The lowest BCUT2D eigenvalue weighted by Gasteiger charge is -2.15. The maximum atomic E-state index is 12.8. The maximum absolute atomic E-state index is 12.8. The molecular formula is C17H13F6NO3. The number of aliphatic carboxylic acids is 1. The molecule has 0 unspecified atom stereocenters. The molecule has 1 atom stereocenters. The van der Waals surface area contributed by atoms with Crippen LogP contribution < -0.4 is 10.5 Å². The molecular weight excluding hydrogens is 380 g/mol. The molecule has 0 fully saturated rings. The number of alkyl halides is 6. The number of carboxylic acid groups (broad SMARTS) is 1. The molecule has 4 nitrogen and oxygen atoms in total. The third-order valence-electron chi connectivity index (χ3n) is 3.54. The molecule has 27 heavy (non-hydrogen) atoms. The number of hydrogen-bond acceptors (Lipinski definition) is 3. The number of rotatable bonds is 5. The normalized spacial score (nSPS) is 13.3. The van der Waals surface area contributed by atoms with E-state index in [4.69, 9.17) is 15.6 Å². The SMILES string of the molecule is N[C@H](C(=O)O)c1cccc(OCc2cc(C(F)(F)F)cc(C(F)(F)F)c2)c1. The van der Waals surface area contributed by atoms with E-state index in [0.29, 0.717) is 12.1 Å². The standard InChI is InChI=1S/C17H13F6NO3/c18-16(19,20)11-4-9(5-12(7-11)17(21,22)23)8-27-13-3-1-2-10(6-13)14(24)15(25)26/h1-7,14H,8,24H2,(H,25,26)/t14-/m0/s1. The average Bonchev–Trinajstić information content (AvgIpc) is 2.57. The number of ether oxygens (including phenoxy) is 1. The summed E-state index contributed by atoms with van der Waals surface area (Å²) in [6.45, 7) is -0.585. The summed E-state index contributed by atoms with van der Waals surface area (Å²) in [6, 6.07) is 5.21. The molecule has 0 radical (unpaired) electrons. The van der Waals surface area contributed by atoms with Crippen LogP contribution in [0.3, 0.4) is 0 Å². The molecule has 0 aliphatic rings. The van der Waals surface area contributed by atoms with Crippen LogP contribution in [-0.2, 0) is 23.8 Å². The van der Waals surface area contributed by atoms with Gasteiger partial charge in [0.25, 0.3) is 0 Å². The first-order valence-corrected chi connectivity index (χ1v) is 7.37. The number of carboxylic acids is 1. The molecule has 3 N–H and O–H groups in total. The predicted molar refractivity (Wildman–Crippen MR) is 81.8 cm³/mol. The van der Waals surface area contributed by atoms with Gasteiger partial charge in [-0.1, -0.05) is 12.1 Å². The fraction of sp³-hybridized carbons (Fsp3) is 0.235. The van der Waals surface area contributed by atoms with Crippen molar-refractivity contribution in [3.63, 3.8) is 0 Å². The van der Waals surface area contributed by atoms with Crippen molar-refractivity contribution in [3.8, 4) is 5.75 Å². The average molecular weight is 393 g/mol. The molecule has 2 aromatic carbocycles. The highest BCUT2D eigenvalue weighted by molar-refractivity contribution is 5.75. The molecule has 146 valence electrons. The van der Waals surface area contributed by atoms with E-state index in [1.807, 2.05) is 0 Å².